The Hall–Kier alpha value is -2.82. The first-order valence-corrected chi connectivity index (χ1v) is 10.3. The molecular weight excluding hydrogens is 362 g/mol. The number of rotatable bonds is 7. The Bertz CT molecular complexity index is 874. The van der Waals surface area contributed by atoms with Gasteiger partial charge in [0, 0.05) is 35.0 Å². The van der Waals surface area contributed by atoms with Crippen LogP contribution in [0.4, 0.5) is 5.69 Å². The molecule has 0 saturated heterocycles. The predicted octanol–water partition coefficient (Wildman–Crippen LogP) is 4.68. The van der Waals surface area contributed by atoms with Crippen LogP contribution in [0.2, 0.25) is 0 Å². The summed E-state index contributed by atoms with van der Waals surface area (Å²) in [5.41, 5.74) is 3.25. The highest BCUT2D eigenvalue weighted by molar-refractivity contribution is 5.99. The average molecular weight is 394 g/mol. The highest BCUT2D eigenvalue weighted by Crippen LogP contribution is 2.34. The van der Waals surface area contributed by atoms with E-state index < -0.39 is 0 Å². The minimum absolute atomic E-state index is 0.0606. The molecule has 3 rings (SSSR count). The molecule has 2 N–H and O–H groups in total. The average Bonchev–Trinajstić information content (AvgIpc) is 2.94. The van der Waals surface area contributed by atoms with E-state index in [-0.39, 0.29) is 24.0 Å². The van der Waals surface area contributed by atoms with Gasteiger partial charge in [0.15, 0.2) is 0 Å². The summed E-state index contributed by atoms with van der Waals surface area (Å²) in [6.07, 6.45) is -0.207. The number of fused-ring (bicyclic) bond motifs is 1. The molecule has 2 amide bonds. The van der Waals surface area contributed by atoms with Crippen LogP contribution in [-0.2, 0) is 0 Å². The van der Waals surface area contributed by atoms with Crippen LogP contribution in [0.1, 0.15) is 67.1 Å². The summed E-state index contributed by atoms with van der Waals surface area (Å²) in [6, 6.07) is 15.3. The van der Waals surface area contributed by atoms with E-state index >= 15 is 0 Å². The van der Waals surface area contributed by atoms with Crippen molar-refractivity contribution in [2.24, 2.45) is 11.8 Å². The van der Waals surface area contributed by atoms with Crippen molar-refractivity contribution in [3.63, 3.8) is 0 Å². The number of hydrogen-bond acceptors (Lipinski definition) is 3. The van der Waals surface area contributed by atoms with Gasteiger partial charge in [0.1, 0.15) is 6.17 Å². The molecule has 5 heteroatoms. The molecule has 0 spiro atoms. The van der Waals surface area contributed by atoms with E-state index in [0.717, 1.165) is 16.8 Å². The smallest absolute Gasteiger partial charge is 0.256 e. The van der Waals surface area contributed by atoms with Gasteiger partial charge in [-0.05, 0) is 49.1 Å². The summed E-state index contributed by atoms with van der Waals surface area (Å²) in [5, 5.41) is 6.50. The van der Waals surface area contributed by atoms with Gasteiger partial charge in [-0.2, -0.15) is 0 Å². The van der Waals surface area contributed by atoms with Crippen LogP contribution in [0.15, 0.2) is 48.5 Å². The van der Waals surface area contributed by atoms with Gasteiger partial charge in [0.25, 0.3) is 11.8 Å². The van der Waals surface area contributed by atoms with Crippen LogP contribution in [0.5, 0.6) is 0 Å². The van der Waals surface area contributed by atoms with E-state index in [1.54, 1.807) is 0 Å². The molecule has 0 fully saturated rings. The SMILES string of the molecule is CC(C)CN1C(=O)c2ccccc2[C@@H]1Nc1ccc(C(=O)N[C@@H](C)C(C)C)cc1. The lowest BCUT2D eigenvalue weighted by molar-refractivity contribution is 0.0720. The van der Waals surface area contributed by atoms with Crippen LogP contribution in [0.25, 0.3) is 0 Å². The van der Waals surface area contributed by atoms with Crippen molar-refractivity contribution in [3.8, 4) is 0 Å². The van der Waals surface area contributed by atoms with E-state index in [9.17, 15) is 9.59 Å². The molecule has 2 atom stereocenters. The molecule has 2 aromatic rings. The molecular formula is C24H31N3O2. The highest BCUT2D eigenvalue weighted by atomic mass is 16.2. The van der Waals surface area contributed by atoms with Crippen molar-refractivity contribution in [3.05, 3.63) is 65.2 Å². The summed E-state index contributed by atoms with van der Waals surface area (Å²) in [5.74, 6) is 0.740. The van der Waals surface area contributed by atoms with Crippen LogP contribution in [0, 0.1) is 11.8 Å². The van der Waals surface area contributed by atoms with Gasteiger partial charge in [0.05, 0.1) is 0 Å². The number of anilines is 1. The van der Waals surface area contributed by atoms with Gasteiger partial charge in [-0.25, -0.2) is 0 Å². The molecule has 1 aliphatic rings. The van der Waals surface area contributed by atoms with Gasteiger partial charge in [-0.3, -0.25) is 9.59 Å². The Morgan fingerprint density at radius 1 is 1.00 bits per heavy atom. The zero-order valence-electron chi connectivity index (χ0n) is 17.9. The predicted molar refractivity (Wildman–Crippen MR) is 117 cm³/mol. The van der Waals surface area contributed by atoms with Gasteiger partial charge >= 0.3 is 0 Å². The van der Waals surface area contributed by atoms with Gasteiger partial charge in [0.2, 0.25) is 0 Å². The quantitative estimate of drug-likeness (QED) is 0.718. The second-order valence-electron chi connectivity index (χ2n) is 8.57. The number of nitrogens with one attached hydrogen (secondary N) is 2. The Morgan fingerprint density at radius 3 is 2.28 bits per heavy atom. The normalized spacial score (nSPS) is 16.9. The van der Waals surface area contributed by atoms with Crippen molar-refractivity contribution in [2.75, 3.05) is 11.9 Å². The molecule has 5 nitrogen and oxygen atoms in total. The first kappa shape index (κ1) is 20.9. The van der Waals surface area contributed by atoms with Gasteiger partial charge in [-0.1, -0.05) is 45.9 Å². The molecule has 0 radical (unpaired) electrons. The van der Waals surface area contributed by atoms with Crippen molar-refractivity contribution in [2.45, 2.75) is 46.8 Å². The zero-order valence-corrected chi connectivity index (χ0v) is 17.9. The Kier molecular flexibility index (Phi) is 6.26. The highest BCUT2D eigenvalue weighted by Gasteiger charge is 2.36. The first-order chi connectivity index (χ1) is 13.8. The molecule has 0 saturated carbocycles. The van der Waals surface area contributed by atoms with Crippen molar-refractivity contribution in [1.82, 2.24) is 10.2 Å². The van der Waals surface area contributed by atoms with Crippen LogP contribution < -0.4 is 10.6 Å². The summed E-state index contributed by atoms with van der Waals surface area (Å²) in [4.78, 5) is 27.2. The van der Waals surface area contributed by atoms with Crippen molar-refractivity contribution >= 4 is 17.5 Å². The largest absolute Gasteiger partial charge is 0.361 e. The standard InChI is InChI=1S/C24H31N3O2/c1-15(2)14-27-22(20-8-6-7-9-21(20)24(27)29)26-19-12-10-18(11-13-19)23(28)25-17(5)16(3)4/h6-13,15-17,22,26H,14H2,1-5H3,(H,25,28)/t17-,22+/m0/s1. The fourth-order valence-corrected chi connectivity index (χ4v) is 3.44. The lowest BCUT2D eigenvalue weighted by atomic mass is 10.1. The Balaban J connectivity index is 1.77. The van der Waals surface area contributed by atoms with E-state index in [1.807, 2.05) is 60.4 Å². The maximum absolute atomic E-state index is 12.9. The lowest BCUT2D eigenvalue weighted by Gasteiger charge is -2.28. The third kappa shape index (κ3) is 4.61. The van der Waals surface area contributed by atoms with Gasteiger partial charge < -0.3 is 15.5 Å². The first-order valence-electron chi connectivity index (χ1n) is 10.3. The summed E-state index contributed by atoms with van der Waals surface area (Å²) in [7, 11) is 0. The third-order valence-electron chi connectivity index (χ3n) is 5.43. The fourth-order valence-electron chi connectivity index (χ4n) is 3.44. The number of carbonyl (C=O) groups excluding carboxylic acids is 2. The zero-order chi connectivity index (χ0) is 21.1. The Labute approximate surface area is 173 Å². The fraction of sp³-hybridized carbons (Fsp3) is 0.417. The molecule has 29 heavy (non-hydrogen) atoms. The molecule has 0 bridgehead atoms. The minimum Gasteiger partial charge on any atom is -0.361 e. The molecule has 2 aromatic carbocycles. The van der Waals surface area contributed by atoms with E-state index in [4.69, 9.17) is 0 Å². The maximum atomic E-state index is 12.9. The van der Waals surface area contributed by atoms with Gasteiger partial charge in [-0.15, -0.1) is 0 Å². The second kappa shape index (κ2) is 8.68. The monoisotopic (exact) mass is 393 g/mol. The van der Waals surface area contributed by atoms with E-state index in [2.05, 4.69) is 38.3 Å². The number of hydrogen-bond donors (Lipinski definition) is 2. The van der Waals surface area contributed by atoms with Crippen LogP contribution >= 0.6 is 0 Å². The molecule has 0 aliphatic carbocycles. The summed E-state index contributed by atoms with van der Waals surface area (Å²) < 4.78 is 0. The number of amides is 2. The number of benzene rings is 2. The van der Waals surface area contributed by atoms with E-state index in [0.29, 0.717) is 23.9 Å². The number of nitrogens with zero attached hydrogens (tertiary/aromatic N) is 1. The lowest BCUT2D eigenvalue weighted by Crippen LogP contribution is -2.36. The minimum atomic E-state index is -0.207. The Morgan fingerprint density at radius 2 is 1.66 bits per heavy atom. The van der Waals surface area contributed by atoms with Crippen molar-refractivity contribution in [1.29, 1.82) is 0 Å². The molecule has 0 aromatic heterocycles. The van der Waals surface area contributed by atoms with E-state index in [1.165, 1.54) is 0 Å². The van der Waals surface area contributed by atoms with Crippen LogP contribution in [0.3, 0.4) is 0 Å². The topological polar surface area (TPSA) is 61.4 Å². The van der Waals surface area contributed by atoms with Crippen LogP contribution in [-0.4, -0.2) is 29.3 Å². The maximum Gasteiger partial charge on any atom is 0.256 e. The molecule has 1 aliphatic heterocycles. The second-order valence-corrected chi connectivity index (χ2v) is 8.57. The molecule has 154 valence electrons. The van der Waals surface area contributed by atoms with Crippen molar-refractivity contribution < 1.29 is 9.59 Å². The summed E-state index contributed by atoms with van der Waals surface area (Å²) >= 11 is 0. The summed E-state index contributed by atoms with van der Waals surface area (Å²) in [6.45, 7) is 11.1. The molecule has 0 unspecified atom stereocenters. The number of carbonyl (C=O) groups is 2. The third-order valence-corrected chi connectivity index (χ3v) is 5.43. The molecule has 1 heterocycles.